The number of hydrogen-bond donors (Lipinski definition) is 1. The molecule has 1 atom stereocenters. The molecule has 1 fully saturated rings. The van der Waals surface area contributed by atoms with Crippen LogP contribution < -0.4 is 5.56 Å². The fraction of sp³-hybridized carbons (Fsp3) is 0.500. The van der Waals surface area contributed by atoms with Gasteiger partial charge >= 0.3 is 0 Å². The number of carbonyl (C=O) groups is 1. The number of aliphatic hydroxyl groups excluding tert-OH is 1. The standard InChI is InChI=1S/C12H15BrN2O3/c13-10-1-2-11(17)15(6-10)7-12(18)14-4-3-9(5-14)8-16/h1-2,6,9,16H,3-5,7-8H2. The number of rotatable bonds is 3. The molecule has 1 N–H and O–H groups in total. The topological polar surface area (TPSA) is 62.5 Å². The zero-order valence-corrected chi connectivity index (χ0v) is 11.5. The number of aromatic nitrogens is 1. The van der Waals surface area contributed by atoms with E-state index in [0.29, 0.717) is 13.1 Å². The van der Waals surface area contributed by atoms with Crippen LogP contribution in [-0.2, 0) is 11.3 Å². The average Bonchev–Trinajstić information content (AvgIpc) is 2.82. The maximum Gasteiger partial charge on any atom is 0.251 e. The van der Waals surface area contributed by atoms with Crippen LogP contribution in [-0.4, -0.2) is 40.2 Å². The molecule has 1 aliphatic heterocycles. The molecule has 6 heteroatoms. The molecule has 0 bridgehead atoms. The normalized spacial score (nSPS) is 19.2. The van der Waals surface area contributed by atoms with Gasteiger partial charge in [-0.25, -0.2) is 0 Å². The molecule has 1 unspecified atom stereocenters. The lowest BCUT2D eigenvalue weighted by Gasteiger charge is -2.16. The molecule has 98 valence electrons. The molecule has 1 saturated heterocycles. The van der Waals surface area contributed by atoms with Crippen molar-refractivity contribution in [2.75, 3.05) is 19.7 Å². The first kappa shape index (κ1) is 13.3. The van der Waals surface area contributed by atoms with Crippen molar-refractivity contribution in [2.24, 2.45) is 5.92 Å². The van der Waals surface area contributed by atoms with Gasteiger partial charge in [0.25, 0.3) is 5.56 Å². The quantitative estimate of drug-likeness (QED) is 0.881. The number of likely N-dealkylation sites (tertiary alicyclic amines) is 1. The van der Waals surface area contributed by atoms with Crippen LogP contribution in [0, 0.1) is 5.92 Å². The van der Waals surface area contributed by atoms with Gasteiger partial charge in [-0.2, -0.15) is 0 Å². The average molecular weight is 315 g/mol. The second-order valence-electron chi connectivity index (χ2n) is 4.49. The molecule has 1 amide bonds. The fourth-order valence-electron chi connectivity index (χ4n) is 2.08. The molecule has 2 heterocycles. The molecule has 18 heavy (non-hydrogen) atoms. The molecule has 1 aliphatic rings. The van der Waals surface area contributed by atoms with Crippen molar-refractivity contribution in [3.8, 4) is 0 Å². The van der Waals surface area contributed by atoms with E-state index in [0.717, 1.165) is 10.9 Å². The maximum atomic E-state index is 12.0. The minimum absolute atomic E-state index is 0.0520. The number of nitrogens with zero attached hydrogens (tertiary/aromatic N) is 2. The lowest BCUT2D eigenvalue weighted by atomic mass is 10.1. The van der Waals surface area contributed by atoms with E-state index < -0.39 is 0 Å². The lowest BCUT2D eigenvalue weighted by Crippen LogP contribution is -2.35. The van der Waals surface area contributed by atoms with Crippen LogP contribution in [0.2, 0.25) is 0 Å². The Labute approximate surface area is 113 Å². The SMILES string of the molecule is O=C(Cn1cc(Br)ccc1=O)N1CCC(CO)C1. The summed E-state index contributed by atoms with van der Waals surface area (Å²) in [5.74, 6) is 0.0966. The monoisotopic (exact) mass is 314 g/mol. The van der Waals surface area contributed by atoms with Crippen molar-refractivity contribution in [2.45, 2.75) is 13.0 Å². The molecule has 0 saturated carbocycles. The highest BCUT2D eigenvalue weighted by atomic mass is 79.9. The highest BCUT2D eigenvalue weighted by Gasteiger charge is 2.25. The number of hydrogen-bond acceptors (Lipinski definition) is 3. The van der Waals surface area contributed by atoms with Gasteiger partial charge in [0.15, 0.2) is 0 Å². The van der Waals surface area contributed by atoms with Crippen molar-refractivity contribution in [1.29, 1.82) is 0 Å². The summed E-state index contributed by atoms with van der Waals surface area (Å²) in [5, 5.41) is 9.04. The van der Waals surface area contributed by atoms with Crippen molar-refractivity contribution in [1.82, 2.24) is 9.47 Å². The third-order valence-electron chi connectivity index (χ3n) is 3.15. The lowest BCUT2D eigenvalue weighted by molar-refractivity contribution is -0.131. The second kappa shape index (κ2) is 5.67. The molecule has 1 aromatic heterocycles. The minimum Gasteiger partial charge on any atom is -0.396 e. The van der Waals surface area contributed by atoms with Gasteiger partial charge in [0, 0.05) is 42.4 Å². The maximum absolute atomic E-state index is 12.0. The molecule has 0 aliphatic carbocycles. The van der Waals surface area contributed by atoms with Gasteiger partial charge in [0.1, 0.15) is 6.54 Å². The van der Waals surface area contributed by atoms with E-state index in [1.54, 1.807) is 17.2 Å². The van der Waals surface area contributed by atoms with E-state index in [9.17, 15) is 9.59 Å². The van der Waals surface area contributed by atoms with Gasteiger partial charge in [-0.15, -0.1) is 0 Å². The number of carbonyl (C=O) groups excluding carboxylic acids is 1. The summed E-state index contributed by atoms with van der Waals surface area (Å²) in [7, 11) is 0. The Kier molecular flexibility index (Phi) is 4.19. The third-order valence-corrected chi connectivity index (χ3v) is 3.62. The van der Waals surface area contributed by atoms with Crippen LogP contribution in [0.25, 0.3) is 0 Å². The second-order valence-corrected chi connectivity index (χ2v) is 5.41. The van der Waals surface area contributed by atoms with E-state index >= 15 is 0 Å². The molecular formula is C12H15BrN2O3. The Hall–Kier alpha value is -1.14. The predicted octanol–water partition coefficient (Wildman–Crippen LogP) is 0.452. The van der Waals surface area contributed by atoms with Gasteiger partial charge in [-0.1, -0.05) is 0 Å². The Balaban J connectivity index is 2.03. The summed E-state index contributed by atoms with van der Waals surface area (Å²) in [5.41, 5.74) is -0.190. The van der Waals surface area contributed by atoms with Crippen LogP contribution in [0.15, 0.2) is 27.6 Å². The number of pyridine rings is 1. The Morgan fingerprint density at radius 2 is 2.28 bits per heavy atom. The predicted molar refractivity (Wildman–Crippen MR) is 70.2 cm³/mol. The van der Waals surface area contributed by atoms with E-state index in [4.69, 9.17) is 5.11 Å². The van der Waals surface area contributed by atoms with Crippen LogP contribution in [0.1, 0.15) is 6.42 Å². The van der Waals surface area contributed by atoms with Crippen LogP contribution in [0.5, 0.6) is 0 Å². The summed E-state index contributed by atoms with van der Waals surface area (Å²) >= 11 is 3.27. The molecule has 5 nitrogen and oxygen atoms in total. The summed E-state index contributed by atoms with van der Waals surface area (Å²) in [4.78, 5) is 25.3. The number of halogens is 1. The first-order valence-corrected chi connectivity index (χ1v) is 6.64. The highest BCUT2D eigenvalue weighted by molar-refractivity contribution is 9.10. The molecule has 2 rings (SSSR count). The molecular weight excluding hydrogens is 300 g/mol. The molecule has 0 aromatic carbocycles. The van der Waals surface area contributed by atoms with Crippen molar-refractivity contribution < 1.29 is 9.90 Å². The summed E-state index contributed by atoms with van der Waals surface area (Å²) in [6.45, 7) is 1.40. The van der Waals surface area contributed by atoms with Gasteiger partial charge in [0.05, 0.1) is 0 Å². The van der Waals surface area contributed by atoms with Crippen LogP contribution in [0.3, 0.4) is 0 Å². The van der Waals surface area contributed by atoms with Crippen molar-refractivity contribution in [3.63, 3.8) is 0 Å². The first-order valence-electron chi connectivity index (χ1n) is 5.85. The Bertz CT molecular complexity index is 500. The number of aliphatic hydroxyl groups is 1. The van der Waals surface area contributed by atoms with Gasteiger partial charge in [-0.05, 0) is 28.4 Å². The molecule has 0 spiro atoms. The fourth-order valence-corrected chi connectivity index (χ4v) is 2.46. The molecule has 0 radical (unpaired) electrons. The Morgan fingerprint density at radius 1 is 1.50 bits per heavy atom. The Morgan fingerprint density at radius 3 is 2.94 bits per heavy atom. The smallest absolute Gasteiger partial charge is 0.251 e. The largest absolute Gasteiger partial charge is 0.396 e. The van der Waals surface area contributed by atoms with E-state index in [2.05, 4.69) is 15.9 Å². The van der Waals surface area contributed by atoms with E-state index in [-0.39, 0.29) is 30.5 Å². The molecule has 1 aromatic rings. The van der Waals surface area contributed by atoms with Gasteiger partial charge in [0.2, 0.25) is 5.91 Å². The third kappa shape index (κ3) is 3.00. The summed E-state index contributed by atoms with van der Waals surface area (Å²) in [6.07, 6.45) is 2.44. The summed E-state index contributed by atoms with van der Waals surface area (Å²) in [6, 6.07) is 3.08. The van der Waals surface area contributed by atoms with Crippen LogP contribution >= 0.6 is 15.9 Å². The van der Waals surface area contributed by atoms with E-state index in [1.807, 2.05) is 0 Å². The van der Waals surface area contributed by atoms with Gasteiger partial charge in [-0.3, -0.25) is 9.59 Å². The highest BCUT2D eigenvalue weighted by Crippen LogP contribution is 2.15. The summed E-state index contributed by atoms with van der Waals surface area (Å²) < 4.78 is 2.16. The van der Waals surface area contributed by atoms with Gasteiger partial charge < -0.3 is 14.6 Å². The minimum atomic E-state index is -0.190. The first-order chi connectivity index (χ1) is 8.60. The zero-order valence-electron chi connectivity index (χ0n) is 9.88. The zero-order chi connectivity index (χ0) is 13.1. The van der Waals surface area contributed by atoms with E-state index in [1.165, 1.54) is 10.6 Å². The van der Waals surface area contributed by atoms with Crippen molar-refractivity contribution >= 4 is 21.8 Å². The van der Waals surface area contributed by atoms with Crippen LogP contribution in [0.4, 0.5) is 0 Å². The van der Waals surface area contributed by atoms with Crippen molar-refractivity contribution in [3.05, 3.63) is 33.2 Å². The number of amides is 1.